The second kappa shape index (κ2) is 6.49. The molecular formula is C17H16N2O5. The van der Waals surface area contributed by atoms with Crippen LogP contribution >= 0.6 is 0 Å². The van der Waals surface area contributed by atoms with E-state index in [1.165, 1.54) is 7.11 Å². The average Bonchev–Trinajstić information content (AvgIpc) is 3.08. The van der Waals surface area contributed by atoms with Crippen molar-refractivity contribution >= 4 is 17.5 Å². The molecule has 1 heterocycles. The van der Waals surface area contributed by atoms with Gasteiger partial charge < -0.3 is 24.8 Å². The lowest BCUT2D eigenvalue weighted by Gasteiger charge is -2.12. The molecule has 124 valence electrons. The summed E-state index contributed by atoms with van der Waals surface area (Å²) in [5, 5.41) is 5.30. The largest absolute Gasteiger partial charge is 0.495 e. The van der Waals surface area contributed by atoms with Gasteiger partial charge in [0, 0.05) is 18.2 Å². The van der Waals surface area contributed by atoms with E-state index < -0.39 is 0 Å². The van der Waals surface area contributed by atoms with Gasteiger partial charge >= 0.3 is 0 Å². The van der Waals surface area contributed by atoms with Crippen molar-refractivity contribution in [3.63, 3.8) is 0 Å². The Hall–Kier alpha value is -3.22. The van der Waals surface area contributed by atoms with Gasteiger partial charge in [-0.25, -0.2) is 0 Å². The Morgan fingerprint density at radius 1 is 1.00 bits per heavy atom. The summed E-state index contributed by atoms with van der Waals surface area (Å²) in [5.41, 5.74) is 1.33. The standard InChI is InChI=1S/C17H16N2O5/c1-18-16(20)10-3-5-12(14(7-10)22-2)19-17(21)11-4-6-13-15(8-11)24-9-23-13/h3-8H,9H2,1-2H3,(H,18,20)(H,19,21). The number of hydrogen-bond acceptors (Lipinski definition) is 5. The fraction of sp³-hybridized carbons (Fsp3) is 0.176. The van der Waals surface area contributed by atoms with Crippen LogP contribution in [-0.4, -0.2) is 32.8 Å². The van der Waals surface area contributed by atoms with Gasteiger partial charge in [0.15, 0.2) is 11.5 Å². The number of ether oxygens (including phenoxy) is 3. The number of methoxy groups -OCH3 is 1. The molecule has 0 radical (unpaired) electrons. The highest BCUT2D eigenvalue weighted by atomic mass is 16.7. The summed E-state index contributed by atoms with van der Waals surface area (Å²) in [4.78, 5) is 24.1. The molecule has 2 N–H and O–H groups in total. The van der Waals surface area contributed by atoms with Gasteiger partial charge in [-0.2, -0.15) is 0 Å². The number of rotatable bonds is 4. The first-order valence-corrected chi connectivity index (χ1v) is 7.23. The molecule has 7 nitrogen and oxygen atoms in total. The second-order valence-corrected chi connectivity index (χ2v) is 5.02. The molecule has 2 aromatic carbocycles. The number of nitrogens with one attached hydrogen (secondary N) is 2. The van der Waals surface area contributed by atoms with Crippen molar-refractivity contribution in [2.45, 2.75) is 0 Å². The molecule has 7 heteroatoms. The Morgan fingerprint density at radius 3 is 2.46 bits per heavy atom. The van der Waals surface area contributed by atoms with Gasteiger partial charge in [0.25, 0.3) is 11.8 Å². The average molecular weight is 328 g/mol. The summed E-state index contributed by atoms with van der Waals surface area (Å²) < 4.78 is 15.7. The van der Waals surface area contributed by atoms with Crippen LogP contribution < -0.4 is 24.8 Å². The fourth-order valence-corrected chi connectivity index (χ4v) is 2.31. The van der Waals surface area contributed by atoms with Crippen molar-refractivity contribution in [1.29, 1.82) is 0 Å². The predicted octanol–water partition coefficient (Wildman–Crippen LogP) is 2.04. The van der Waals surface area contributed by atoms with Crippen molar-refractivity contribution in [3.8, 4) is 17.2 Å². The molecule has 24 heavy (non-hydrogen) atoms. The van der Waals surface area contributed by atoms with Crippen LogP contribution in [0, 0.1) is 0 Å². The van der Waals surface area contributed by atoms with Crippen molar-refractivity contribution in [2.24, 2.45) is 0 Å². The number of carbonyl (C=O) groups excluding carboxylic acids is 2. The van der Waals surface area contributed by atoms with Crippen LogP contribution in [0.2, 0.25) is 0 Å². The van der Waals surface area contributed by atoms with Gasteiger partial charge in [-0.1, -0.05) is 0 Å². The van der Waals surface area contributed by atoms with Crippen LogP contribution in [0.4, 0.5) is 5.69 Å². The summed E-state index contributed by atoms with van der Waals surface area (Å²) in [7, 11) is 3.02. The fourth-order valence-electron chi connectivity index (χ4n) is 2.31. The van der Waals surface area contributed by atoms with E-state index in [4.69, 9.17) is 14.2 Å². The molecule has 2 amide bonds. The van der Waals surface area contributed by atoms with Crippen molar-refractivity contribution < 1.29 is 23.8 Å². The normalized spacial score (nSPS) is 11.8. The minimum absolute atomic E-state index is 0.148. The van der Waals surface area contributed by atoms with Crippen LogP contribution in [0.3, 0.4) is 0 Å². The zero-order valence-corrected chi connectivity index (χ0v) is 13.2. The molecule has 3 rings (SSSR count). The first kappa shape index (κ1) is 15.7. The smallest absolute Gasteiger partial charge is 0.255 e. The summed E-state index contributed by atoms with van der Waals surface area (Å²) in [6.45, 7) is 0.148. The molecule has 0 aromatic heterocycles. The quantitative estimate of drug-likeness (QED) is 0.897. The van der Waals surface area contributed by atoms with E-state index in [-0.39, 0.29) is 18.6 Å². The maximum absolute atomic E-state index is 12.4. The number of benzene rings is 2. The highest BCUT2D eigenvalue weighted by Gasteiger charge is 2.17. The molecule has 1 aliphatic heterocycles. The third kappa shape index (κ3) is 2.96. The summed E-state index contributed by atoms with van der Waals surface area (Å²) in [5.74, 6) is 0.982. The lowest BCUT2D eigenvalue weighted by molar-refractivity contribution is 0.0962. The number of carbonyl (C=O) groups is 2. The van der Waals surface area contributed by atoms with E-state index in [1.807, 2.05) is 0 Å². The lowest BCUT2D eigenvalue weighted by atomic mass is 10.1. The molecule has 0 atom stereocenters. The second-order valence-electron chi connectivity index (χ2n) is 5.02. The summed E-state index contributed by atoms with van der Waals surface area (Å²) in [6, 6.07) is 9.74. The van der Waals surface area contributed by atoms with E-state index in [2.05, 4.69) is 10.6 Å². The maximum atomic E-state index is 12.4. The van der Waals surface area contributed by atoms with Crippen molar-refractivity contribution in [3.05, 3.63) is 47.5 Å². The Labute approximate surface area is 138 Å². The SMILES string of the molecule is CNC(=O)c1ccc(NC(=O)c2ccc3c(c2)OCO3)c(OC)c1. The van der Waals surface area contributed by atoms with Gasteiger partial charge in [0.05, 0.1) is 12.8 Å². The molecule has 0 saturated heterocycles. The van der Waals surface area contributed by atoms with Gasteiger partial charge in [-0.3, -0.25) is 9.59 Å². The zero-order valence-electron chi connectivity index (χ0n) is 13.2. The van der Waals surface area contributed by atoms with Gasteiger partial charge in [0.2, 0.25) is 6.79 Å². The van der Waals surface area contributed by atoms with Crippen LogP contribution in [0.15, 0.2) is 36.4 Å². The summed E-state index contributed by atoms with van der Waals surface area (Å²) in [6.07, 6.45) is 0. The topological polar surface area (TPSA) is 85.9 Å². The molecular weight excluding hydrogens is 312 g/mol. The predicted molar refractivity (Wildman–Crippen MR) is 86.9 cm³/mol. The van der Waals surface area contributed by atoms with Crippen molar-refractivity contribution in [1.82, 2.24) is 5.32 Å². The van der Waals surface area contributed by atoms with Gasteiger partial charge in [-0.15, -0.1) is 0 Å². The zero-order chi connectivity index (χ0) is 17.1. The van der Waals surface area contributed by atoms with Crippen LogP contribution in [0.5, 0.6) is 17.2 Å². The molecule has 0 bridgehead atoms. The molecule has 0 unspecified atom stereocenters. The van der Waals surface area contributed by atoms with E-state index in [9.17, 15) is 9.59 Å². The summed E-state index contributed by atoms with van der Waals surface area (Å²) >= 11 is 0. The molecule has 1 aliphatic rings. The Balaban J connectivity index is 1.82. The number of amides is 2. The molecule has 0 fully saturated rings. The van der Waals surface area contributed by atoms with E-state index in [0.717, 1.165) is 0 Å². The first-order chi connectivity index (χ1) is 11.6. The third-order valence-electron chi connectivity index (χ3n) is 3.57. The van der Waals surface area contributed by atoms with E-state index >= 15 is 0 Å². The van der Waals surface area contributed by atoms with Crippen LogP contribution in [0.1, 0.15) is 20.7 Å². The minimum atomic E-state index is -0.320. The van der Waals surface area contributed by atoms with Gasteiger partial charge in [-0.05, 0) is 36.4 Å². The third-order valence-corrected chi connectivity index (χ3v) is 3.57. The van der Waals surface area contributed by atoms with Crippen molar-refractivity contribution in [2.75, 3.05) is 26.3 Å². The number of anilines is 1. The van der Waals surface area contributed by atoms with E-state index in [0.29, 0.717) is 34.1 Å². The molecule has 0 saturated carbocycles. The molecule has 0 spiro atoms. The van der Waals surface area contributed by atoms with E-state index in [1.54, 1.807) is 43.4 Å². The Bertz CT molecular complexity index is 804. The monoisotopic (exact) mass is 328 g/mol. The molecule has 0 aliphatic carbocycles. The first-order valence-electron chi connectivity index (χ1n) is 7.23. The highest BCUT2D eigenvalue weighted by Crippen LogP contribution is 2.33. The number of fused-ring (bicyclic) bond motifs is 1. The Morgan fingerprint density at radius 2 is 1.71 bits per heavy atom. The highest BCUT2D eigenvalue weighted by molar-refractivity contribution is 6.06. The van der Waals surface area contributed by atoms with Gasteiger partial charge in [0.1, 0.15) is 5.75 Å². The minimum Gasteiger partial charge on any atom is -0.495 e. The Kier molecular flexibility index (Phi) is 4.24. The maximum Gasteiger partial charge on any atom is 0.255 e. The number of hydrogen-bond donors (Lipinski definition) is 2. The molecule has 2 aromatic rings. The van der Waals surface area contributed by atoms with Crippen LogP contribution in [0.25, 0.3) is 0 Å². The lowest BCUT2D eigenvalue weighted by Crippen LogP contribution is -2.18. The van der Waals surface area contributed by atoms with Crippen LogP contribution in [-0.2, 0) is 0 Å².